The van der Waals surface area contributed by atoms with E-state index >= 15 is 0 Å². The number of carbonyl (C=O) groups is 2. The number of hydrogen-bond donors (Lipinski definition) is 2. The van der Waals surface area contributed by atoms with Crippen LogP contribution in [0, 0.1) is 0 Å². The van der Waals surface area contributed by atoms with E-state index in [9.17, 15) is 9.59 Å². The van der Waals surface area contributed by atoms with E-state index in [1.807, 2.05) is 18.7 Å². The van der Waals surface area contributed by atoms with Gasteiger partial charge < -0.3 is 10.2 Å². The molecule has 1 saturated heterocycles. The molecule has 1 aliphatic rings. The lowest BCUT2D eigenvalue weighted by Crippen LogP contribution is -2.47. The molecule has 5 heteroatoms. The Hall–Kier alpha value is -1.10. The first-order valence-electron chi connectivity index (χ1n) is 6.44. The molecule has 98 valence electrons. The molecule has 0 aromatic rings. The first kappa shape index (κ1) is 14.0. The molecule has 1 aliphatic heterocycles. The highest BCUT2D eigenvalue weighted by Crippen LogP contribution is 2.08. The SMILES string of the molecule is CCCNC(=O)CNC(C)C(=O)N1CCCC1. The van der Waals surface area contributed by atoms with Gasteiger partial charge in [-0.1, -0.05) is 6.92 Å². The maximum atomic E-state index is 11.9. The van der Waals surface area contributed by atoms with Gasteiger partial charge in [-0.25, -0.2) is 0 Å². The maximum Gasteiger partial charge on any atom is 0.239 e. The molecule has 0 bridgehead atoms. The van der Waals surface area contributed by atoms with E-state index in [0.717, 1.165) is 32.4 Å². The Balaban J connectivity index is 2.21. The van der Waals surface area contributed by atoms with Gasteiger partial charge in [0.1, 0.15) is 0 Å². The number of nitrogens with one attached hydrogen (secondary N) is 2. The fraction of sp³-hybridized carbons (Fsp3) is 0.833. The van der Waals surface area contributed by atoms with Crippen molar-refractivity contribution in [1.82, 2.24) is 15.5 Å². The Bertz CT molecular complexity index is 262. The van der Waals surface area contributed by atoms with Gasteiger partial charge in [-0.2, -0.15) is 0 Å². The van der Waals surface area contributed by atoms with Crippen molar-refractivity contribution in [3.8, 4) is 0 Å². The second kappa shape index (κ2) is 7.27. The monoisotopic (exact) mass is 241 g/mol. The van der Waals surface area contributed by atoms with Crippen LogP contribution in [0.25, 0.3) is 0 Å². The zero-order valence-corrected chi connectivity index (χ0v) is 10.8. The Kier molecular flexibility index (Phi) is 5.97. The average molecular weight is 241 g/mol. The average Bonchev–Trinajstić information content (AvgIpc) is 2.86. The molecular formula is C12H23N3O2. The lowest BCUT2D eigenvalue weighted by atomic mass is 10.3. The molecule has 17 heavy (non-hydrogen) atoms. The molecule has 0 aliphatic carbocycles. The minimum absolute atomic E-state index is 0.0482. The van der Waals surface area contributed by atoms with Crippen molar-refractivity contribution in [2.45, 2.75) is 39.2 Å². The van der Waals surface area contributed by atoms with Gasteiger partial charge in [-0.05, 0) is 26.2 Å². The molecule has 1 heterocycles. The van der Waals surface area contributed by atoms with Crippen LogP contribution in [0.2, 0.25) is 0 Å². The van der Waals surface area contributed by atoms with Crippen LogP contribution in [0.15, 0.2) is 0 Å². The highest BCUT2D eigenvalue weighted by Gasteiger charge is 2.22. The molecule has 1 fully saturated rings. The molecule has 0 aromatic carbocycles. The largest absolute Gasteiger partial charge is 0.355 e. The second-order valence-electron chi connectivity index (χ2n) is 4.48. The summed E-state index contributed by atoms with van der Waals surface area (Å²) in [6.07, 6.45) is 3.11. The standard InChI is InChI=1S/C12H23N3O2/c1-3-6-13-11(16)9-14-10(2)12(17)15-7-4-5-8-15/h10,14H,3-9H2,1-2H3,(H,13,16). The van der Waals surface area contributed by atoms with Gasteiger partial charge in [0, 0.05) is 19.6 Å². The van der Waals surface area contributed by atoms with Gasteiger partial charge in [0.25, 0.3) is 0 Å². The highest BCUT2D eigenvalue weighted by molar-refractivity contribution is 5.83. The molecule has 5 nitrogen and oxygen atoms in total. The molecule has 2 amide bonds. The minimum atomic E-state index is -0.277. The number of rotatable bonds is 6. The van der Waals surface area contributed by atoms with E-state index in [0.29, 0.717) is 6.54 Å². The molecule has 0 spiro atoms. The van der Waals surface area contributed by atoms with Crippen molar-refractivity contribution in [3.63, 3.8) is 0 Å². The second-order valence-corrected chi connectivity index (χ2v) is 4.48. The normalized spacial score (nSPS) is 16.9. The molecule has 0 saturated carbocycles. The fourth-order valence-electron chi connectivity index (χ4n) is 1.87. The first-order valence-corrected chi connectivity index (χ1v) is 6.44. The van der Waals surface area contributed by atoms with Crippen molar-refractivity contribution in [2.24, 2.45) is 0 Å². The molecule has 0 aromatic heterocycles. The summed E-state index contributed by atoms with van der Waals surface area (Å²) in [4.78, 5) is 25.1. The van der Waals surface area contributed by atoms with E-state index in [2.05, 4.69) is 10.6 Å². The summed E-state index contributed by atoms with van der Waals surface area (Å²) >= 11 is 0. The van der Waals surface area contributed by atoms with Gasteiger partial charge in [0.2, 0.25) is 11.8 Å². The Morgan fingerprint density at radius 2 is 1.94 bits per heavy atom. The quantitative estimate of drug-likeness (QED) is 0.694. The number of nitrogens with zero attached hydrogens (tertiary/aromatic N) is 1. The summed E-state index contributed by atoms with van der Waals surface area (Å²) in [6, 6.07) is -0.277. The molecule has 1 rings (SSSR count). The van der Waals surface area contributed by atoms with Crippen LogP contribution in [0.1, 0.15) is 33.1 Å². The van der Waals surface area contributed by atoms with Gasteiger partial charge >= 0.3 is 0 Å². The fourth-order valence-corrected chi connectivity index (χ4v) is 1.87. The third-order valence-corrected chi connectivity index (χ3v) is 2.93. The summed E-state index contributed by atoms with van der Waals surface area (Å²) in [7, 11) is 0. The van der Waals surface area contributed by atoms with E-state index in [-0.39, 0.29) is 24.4 Å². The minimum Gasteiger partial charge on any atom is -0.355 e. The Morgan fingerprint density at radius 1 is 1.29 bits per heavy atom. The number of likely N-dealkylation sites (tertiary alicyclic amines) is 1. The Labute approximate surface area is 103 Å². The molecule has 0 radical (unpaired) electrons. The topological polar surface area (TPSA) is 61.4 Å². The summed E-state index contributed by atoms with van der Waals surface area (Å²) in [6.45, 7) is 6.43. The van der Waals surface area contributed by atoms with Crippen LogP contribution in [0.4, 0.5) is 0 Å². The lowest BCUT2D eigenvalue weighted by Gasteiger charge is -2.20. The smallest absolute Gasteiger partial charge is 0.239 e. The van der Waals surface area contributed by atoms with Crippen molar-refractivity contribution in [2.75, 3.05) is 26.2 Å². The van der Waals surface area contributed by atoms with Crippen LogP contribution in [-0.4, -0.2) is 48.9 Å². The summed E-state index contributed by atoms with van der Waals surface area (Å²) in [5, 5.41) is 5.73. The van der Waals surface area contributed by atoms with E-state index in [1.54, 1.807) is 0 Å². The lowest BCUT2D eigenvalue weighted by molar-refractivity contribution is -0.132. The summed E-state index contributed by atoms with van der Waals surface area (Å²) < 4.78 is 0. The van der Waals surface area contributed by atoms with E-state index in [1.165, 1.54) is 0 Å². The third kappa shape index (κ3) is 4.73. The first-order chi connectivity index (χ1) is 8.15. The van der Waals surface area contributed by atoms with E-state index < -0.39 is 0 Å². The zero-order valence-electron chi connectivity index (χ0n) is 10.8. The van der Waals surface area contributed by atoms with E-state index in [4.69, 9.17) is 0 Å². The third-order valence-electron chi connectivity index (χ3n) is 2.93. The van der Waals surface area contributed by atoms with Crippen LogP contribution in [0.5, 0.6) is 0 Å². The van der Waals surface area contributed by atoms with Crippen LogP contribution < -0.4 is 10.6 Å². The van der Waals surface area contributed by atoms with Crippen LogP contribution >= 0.6 is 0 Å². The predicted octanol–water partition coefficient (Wildman–Crippen LogP) is 0.113. The van der Waals surface area contributed by atoms with Crippen LogP contribution in [-0.2, 0) is 9.59 Å². The maximum absolute atomic E-state index is 11.9. The highest BCUT2D eigenvalue weighted by atomic mass is 16.2. The predicted molar refractivity (Wildman–Crippen MR) is 66.6 cm³/mol. The van der Waals surface area contributed by atoms with Crippen molar-refractivity contribution < 1.29 is 9.59 Å². The molecule has 1 atom stereocenters. The van der Waals surface area contributed by atoms with Crippen molar-refractivity contribution in [1.29, 1.82) is 0 Å². The zero-order chi connectivity index (χ0) is 12.7. The van der Waals surface area contributed by atoms with Crippen LogP contribution in [0.3, 0.4) is 0 Å². The van der Waals surface area contributed by atoms with Gasteiger partial charge in [0.05, 0.1) is 12.6 Å². The Morgan fingerprint density at radius 3 is 2.53 bits per heavy atom. The van der Waals surface area contributed by atoms with Gasteiger partial charge in [-0.15, -0.1) is 0 Å². The molecule has 1 unspecified atom stereocenters. The molecular weight excluding hydrogens is 218 g/mol. The van der Waals surface area contributed by atoms with Gasteiger partial charge in [-0.3, -0.25) is 14.9 Å². The van der Waals surface area contributed by atoms with Crippen molar-refractivity contribution in [3.05, 3.63) is 0 Å². The van der Waals surface area contributed by atoms with Gasteiger partial charge in [0.15, 0.2) is 0 Å². The summed E-state index contributed by atoms with van der Waals surface area (Å²) in [5.74, 6) is 0.0544. The number of amides is 2. The number of hydrogen-bond acceptors (Lipinski definition) is 3. The molecule has 2 N–H and O–H groups in total. The number of carbonyl (C=O) groups excluding carboxylic acids is 2. The summed E-state index contributed by atoms with van der Waals surface area (Å²) in [5.41, 5.74) is 0. The van der Waals surface area contributed by atoms with Crippen molar-refractivity contribution >= 4 is 11.8 Å².